The summed E-state index contributed by atoms with van der Waals surface area (Å²) < 4.78 is 9.62. The number of aromatic nitrogens is 2. The van der Waals surface area contributed by atoms with E-state index in [0.29, 0.717) is 12.3 Å². The van der Waals surface area contributed by atoms with E-state index >= 15 is 0 Å². The van der Waals surface area contributed by atoms with E-state index in [0.717, 1.165) is 18.1 Å². The van der Waals surface area contributed by atoms with Crippen LogP contribution in [0.15, 0.2) is 4.63 Å². The lowest BCUT2D eigenvalue weighted by Gasteiger charge is -2.34. The largest absolute Gasteiger partial charge is 0.426 e. The molecule has 1 aliphatic rings. The lowest BCUT2D eigenvalue weighted by atomic mass is 10.0. The van der Waals surface area contributed by atoms with Crippen LogP contribution in [0.3, 0.4) is 0 Å². The average Bonchev–Trinajstić information content (AvgIpc) is 2.96. The maximum Gasteiger partial charge on any atom is 0.308 e. The number of carbonyl (C=O) groups excluding carboxylic acids is 1. The number of carbonyl (C=O) groups is 1. The number of ether oxygens (including phenoxy) is 1. The monoisotopic (exact) mass is 233 g/mol. The van der Waals surface area contributed by atoms with Crippen molar-refractivity contribution in [2.75, 3.05) is 31.5 Å². The number of hydrogen-bond acceptors (Lipinski definition) is 6. The maximum atomic E-state index is 10.8. The number of esters is 1. The molecule has 0 saturated carbocycles. The highest BCUT2D eigenvalue weighted by atomic mass is 17.0. The Hall–Kier alpha value is -1.57. The molecule has 1 fully saturated rings. The van der Waals surface area contributed by atoms with Gasteiger partial charge < -0.3 is 14.7 Å². The van der Waals surface area contributed by atoms with Crippen molar-refractivity contribution in [3.63, 3.8) is 0 Å². The summed E-state index contributed by atoms with van der Waals surface area (Å²) >= 11 is 0. The van der Waals surface area contributed by atoms with Crippen LogP contribution in [-0.2, 0) is 9.53 Å². The quantitative estimate of drug-likeness (QED) is 0.490. The third kappa shape index (κ3) is 2.32. The van der Waals surface area contributed by atoms with Crippen molar-refractivity contribution >= 4 is 5.97 Å². The van der Waals surface area contributed by atoms with E-state index in [4.69, 9.17) is 19.3 Å². The molecule has 0 aliphatic carbocycles. The average molecular weight is 233 g/mol. The fraction of sp³-hybridized carbons (Fsp3) is 0.875. The van der Waals surface area contributed by atoms with Crippen LogP contribution in [0.1, 0.15) is 13.3 Å². The van der Waals surface area contributed by atoms with E-state index in [1.54, 1.807) is 6.92 Å². The van der Waals surface area contributed by atoms with Crippen molar-refractivity contribution in [3.8, 4) is 0 Å². The van der Waals surface area contributed by atoms with Crippen LogP contribution in [0, 0.1) is 5.92 Å². The highest BCUT2D eigenvalue weighted by Crippen LogP contribution is 2.14. The van der Waals surface area contributed by atoms with Crippen molar-refractivity contribution in [1.82, 2.24) is 9.98 Å². The summed E-state index contributed by atoms with van der Waals surface area (Å²) in [5.41, 5.74) is 0. The summed E-state index contributed by atoms with van der Waals surface area (Å²) in [5, 5.41) is 11.8. The number of nitrogens with zero attached hydrogens (tertiary/aromatic N) is 3. The molecule has 1 aromatic rings. The zero-order valence-corrected chi connectivity index (χ0v) is 9.03. The van der Waals surface area contributed by atoms with E-state index in [1.807, 2.05) is 5.01 Å². The Labute approximate surface area is 91.7 Å². The molecule has 1 aromatic heterocycles. The number of aliphatic hydroxyl groups excluding tert-OH is 1. The van der Waals surface area contributed by atoms with Crippen LogP contribution in [0.25, 0.3) is 0 Å². The second-order valence-corrected chi connectivity index (χ2v) is 3.61. The van der Waals surface area contributed by atoms with Crippen LogP contribution in [0.4, 0.5) is 0 Å². The van der Waals surface area contributed by atoms with Gasteiger partial charge in [0.1, 0.15) is 5.02 Å². The number of aliphatic hydroxyl groups is 1. The van der Waals surface area contributed by atoms with Crippen LogP contribution < -0.4 is 9.85 Å². The van der Waals surface area contributed by atoms with Crippen LogP contribution in [0.2, 0.25) is 0 Å². The molecule has 1 saturated heterocycles. The molecule has 0 unspecified atom stereocenters. The zero-order chi connectivity index (χ0) is 11.5. The summed E-state index contributed by atoms with van der Waals surface area (Å²) in [6, 6.07) is 0. The van der Waals surface area contributed by atoms with E-state index < -0.39 is 0 Å². The fourth-order valence-corrected chi connectivity index (χ4v) is 1.31. The van der Waals surface area contributed by atoms with Gasteiger partial charge in [0.05, 0.1) is 0 Å². The minimum Gasteiger partial charge on any atom is -0.426 e. The summed E-state index contributed by atoms with van der Waals surface area (Å²) in [5.74, 6) is -0.0262. The molecule has 8 heteroatoms. The zero-order valence-electron chi connectivity index (χ0n) is 9.03. The van der Waals surface area contributed by atoms with Crippen molar-refractivity contribution in [2.45, 2.75) is 13.3 Å². The predicted molar refractivity (Wildman–Crippen MR) is 51.0 cm³/mol. The number of rotatable bonds is 6. The molecule has 92 valence electrons. The van der Waals surface area contributed by atoms with Crippen molar-refractivity contribution in [1.29, 1.82) is 0 Å². The van der Waals surface area contributed by atoms with Gasteiger partial charge in [-0.05, 0) is 0 Å². The molecule has 0 amide bonds. The van der Waals surface area contributed by atoms with Crippen molar-refractivity contribution in [3.05, 3.63) is 0 Å². The van der Waals surface area contributed by atoms with Gasteiger partial charge in [-0.2, -0.15) is 4.63 Å². The van der Waals surface area contributed by atoms with Crippen LogP contribution >= 0.6 is 0 Å². The molecule has 0 bridgehead atoms. The highest BCUT2D eigenvalue weighted by Gasteiger charge is 2.33. The third-order valence-corrected chi connectivity index (χ3v) is 2.37. The second kappa shape index (κ2) is 4.52. The Morgan fingerprint density at radius 3 is 2.94 bits per heavy atom. The normalized spacial score (nSPS) is 16.2. The third-order valence-electron chi connectivity index (χ3n) is 2.37. The Morgan fingerprint density at radius 2 is 2.31 bits per heavy atom. The molecule has 8 nitrogen and oxygen atoms in total. The predicted octanol–water partition coefficient (Wildman–Crippen LogP) is -1.22. The minimum absolute atomic E-state index is 0.166. The lowest BCUT2D eigenvalue weighted by Crippen LogP contribution is -2.53. The van der Waals surface area contributed by atoms with E-state index in [1.165, 1.54) is 4.96 Å². The second-order valence-electron chi connectivity index (χ2n) is 3.61. The molecule has 2 rings (SSSR count). The standard InChI is InChI=1S/C8H15N3O5/c1-2-8(13)14-6-15-11-10(16-11)9-3-7(4-9)5-12/h7,12H,2-6H2,1H3. The van der Waals surface area contributed by atoms with E-state index in [9.17, 15) is 4.79 Å². The van der Waals surface area contributed by atoms with Crippen LogP contribution in [0.5, 0.6) is 0 Å². The summed E-state index contributed by atoms with van der Waals surface area (Å²) in [6.45, 7) is 3.17. The highest BCUT2D eigenvalue weighted by molar-refractivity contribution is 5.68. The van der Waals surface area contributed by atoms with Crippen molar-refractivity contribution in [2.24, 2.45) is 5.92 Å². The molecule has 1 aliphatic heterocycles. The topological polar surface area (TPSA) is 82.0 Å². The molecular formula is C8H15N3O5. The Kier molecular flexibility index (Phi) is 3.09. The molecule has 0 atom stereocenters. The van der Waals surface area contributed by atoms with Gasteiger partial charge in [0.2, 0.25) is 0 Å². The van der Waals surface area contributed by atoms with Gasteiger partial charge >= 0.3 is 5.97 Å². The summed E-state index contributed by atoms with van der Waals surface area (Å²) in [7, 11) is 0. The van der Waals surface area contributed by atoms with Gasteiger partial charge in [-0.3, -0.25) is 9.80 Å². The van der Waals surface area contributed by atoms with Gasteiger partial charge in [-0.25, -0.2) is 0 Å². The smallest absolute Gasteiger partial charge is 0.308 e. The van der Waals surface area contributed by atoms with Crippen molar-refractivity contribution < 1.29 is 24.1 Å². The number of hydrogen-bond donors (Lipinski definition) is 1. The van der Waals surface area contributed by atoms with Crippen LogP contribution in [-0.4, -0.2) is 47.5 Å². The molecular weight excluding hydrogens is 218 g/mol. The molecule has 0 spiro atoms. The fourth-order valence-electron chi connectivity index (χ4n) is 1.31. The summed E-state index contributed by atoms with van der Waals surface area (Å²) in [6.07, 6.45) is 0.318. The molecule has 0 aromatic carbocycles. The Morgan fingerprint density at radius 1 is 1.56 bits per heavy atom. The van der Waals surface area contributed by atoms with Gasteiger partial charge in [-0.15, -0.1) is 0 Å². The minimum atomic E-state index is -0.322. The first kappa shape index (κ1) is 10.9. The molecule has 2 heterocycles. The SMILES string of the molecule is CCC(=O)OCOn1on1N1CC(CO)C1. The lowest BCUT2D eigenvalue weighted by molar-refractivity contribution is -0.159. The van der Waals surface area contributed by atoms with E-state index in [-0.39, 0.29) is 19.4 Å². The summed E-state index contributed by atoms with van der Waals surface area (Å²) in [4.78, 5) is 17.1. The molecule has 16 heavy (non-hydrogen) atoms. The van der Waals surface area contributed by atoms with Gasteiger partial charge in [0, 0.05) is 37.0 Å². The Balaban J connectivity index is 1.61. The van der Waals surface area contributed by atoms with Gasteiger partial charge in [0.15, 0.2) is 0 Å². The first-order valence-corrected chi connectivity index (χ1v) is 5.17. The first-order chi connectivity index (χ1) is 7.74. The maximum absolute atomic E-state index is 10.8. The van der Waals surface area contributed by atoms with Gasteiger partial charge in [-0.1, -0.05) is 6.92 Å². The molecule has 1 N–H and O–H groups in total. The first-order valence-electron chi connectivity index (χ1n) is 5.17. The van der Waals surface area contributed by atoms with E-state index in [2.05, 4.69) is 0 Å². The molecule has 0 radical (unpaired) electrons. The Bertz CT molecular complexity index is 335. The van der Waals surface area contributed by atoms with Gasteiger partial charge in [0.25, 0.3) is 6.79 Å².